The number of urea groups is 1. The van der Waals surface area contributed by atoms with Gasteiger partial charge in [-0.15, -0.1) is 11.3 Å². The number of benzene rings is 1. The molecule has 2 heterocycles. The van der Waals surface area contributed by atoms with Crippen molar-refractivity contribution in [1.29, 1.82) is 0 Å². The Bertz CT molecular complexity index is 1580. The number of aliphatic hydroxyl groups is 1. The number of fused-ring (bicyclic) bond motifs is 3. The Balaban J connectivity index is 1.36. The third kappa shape index (κ3) is 8.08. The van der Waals surface area contributed by atoms with Crippen molar-refractivity contribution in [3.63, 3.8) is 0 Å². The summed E-state index contributed by atoms with van der Waals surface area (Å²) in [5.74, 6) is 0. The molecular weight excluding hydrogens is 613 g/mol. The highest BCUT2D eigenvalue weighted by molar-refractivity contribution is 7.89. The predicted molar refractivity (Wildman–Crippen MR) is 175 cm³/mol. The molecular formula is C32H44N6O5S2. The van der Waals surface area contributed by atoms with Gasteiger partial charge in [-0.25, -0.2) is 22.9 Å². The van der Waals surface area contributed by atoms with Crippen molar-refractivity contribution in [1.82, 2.24) is 25.3 Å². The molecule has 2 amide bonds. The van der Waals surface area contributed by atoms with E-state index in [1.807, 2.05) is 26.0 Å². The van der Waals surface area contributed by atoms with Crippen molar-refractivity contribution in [3.05, 3.63) is 59.5 Å². The lowest BCUT2D eigenvalue weighted by atomic mass is 9.57. The zero-order valence-corrected chi connectivity index (χ0v) is 28.1. The summed E-state index contributed by atoms with van der Waals surface area (Å²) >= 11 is 1.53. The van der Waals surface area contributed by atoms with Gasteiger partial charge in [0, 0.05) is 40.1 Å². The lowest BCUT2D eigenvalue weighted by Crippen LogP contribution is -2.59. The van der Waals surface area contributed by atoms with Crippen molar-refractivity contribution in [2.45, 2.75) is 114 Å². The van der Waals surface area contributed by atoms with E-state index in [9.17, 15) is 18.3 Å². The van der Waals surface area contributed by atoms with Crippen LogP contribution < -0.4 is 20.7 Å². The molecule has 1 atom stereocenters. The number of nitrogens with one attached hydrogen (secondary N) is 4. The van der Waals surface area contributed by atoms with E-state index in [2.05, 4.69) is 25.7 Å². The molecule has 0 aliphatic heterocycles. The number of thiazole rings is 1. The zero-order chi connectivity index (χ0) is 32.5. The Morgan fingerprint density at radius 1 is 1.07 bits per heavy atom. The molecule has 13 heteroatoms. The lowest BCUT2D eigenvalue weighted by molar-refractivity contribution is -0.166. The first-order valence-electron chi connectivity index (χ1n) is 15.4. The normalized spacial score (nSPS) is 22.4. The molecule has 1 aromatic carbocycles. The Morgan fingerprint density at radius 2 is 1.78 bits per heavy atom. The molecule has 2 bridgehead atoms. The van der Waals surface area contributed by atoms with E-state index < -0.39 is 28.0 Å². The number of aromatic nitrogens is 2. The second kappa shape index (κ2) is 13.0. The Kier molecular flexibility index (Phi) is 9.69. The topological polar surface area (TPSA) is 155 Å². The number of carbonyl (C=O) groups excluding carboxylic acids is 1. The summed E-state index contributed by atoms with van der Waals surface area (Å²) in [6, 6.07) is 9.90. The highest BCUT2D eigenvalue weighted by Crippen LogP contribution is 2.55. The fraction of sp³-hybridized carbons (Fsp3) is 0.531. The molecule has 0 saturated heterocycles. The van der Waals surface area contributed by atoms with Crippen LogP contribution in [0.25, 0.3) is 10.4 Å². The second-order valence-electron chi connectivity index (χ2n) is 13.5. The van der Waals surface area contributed by atoms with E-state index in [1.54, 1.807) is 51.4 Å². The molecule has 244 valence electrons. The van der Waals surface area contributed by atoms with E-state index in [-0.39, 0.29) is 28.5 Å². The highest BCUT2D eigenvalue weighted by atomic mass is 32.2. The summed E-state index contributed by atoms with van der Waals surface area (Å²) in [6.45, 7) is 9.40. The van der Waals surface area contributed by atoms with Gasteiger partial charge in [0.05, 0.1) is 33.1 Å². The van der Waals surface area contributed by atoms with Crippen LogP contribution in [0.2, 0.25) is 0 Å². The van der Waals surface area contributed by atoms with Crippen molar-refractivity contribution in [2.24, 2.45) is 0 Å². The maximum Gasteiger partial charge on any atom is 0.319 e. The van der Waals surface area contributed by atoms with Crippen molar-refractivity contribution >= 4 is 33.1 Å². The van der Waals surface area contributed by atoms with Crippen molar-refractivity contribution in [2.75, 3.05) is 5.32 Å². The van der Waals surface area contributed by atoms with Crippen molar-refractivity contribution < 1.29 is 23.1 Å². The number of aliphatic hydroxyl groups excluding tert-OH is 1. The average Bonchev–Trinajstić information content (AvgIpc) is 3.47. The van der Waals surface area contributed by atoms with Gasteiger partial charge >= 0.3 is 6.03 Å². The average molecular weight is 657 g/mol. The van der Waals surface area contributed by atoms with E-state index >= 15 is 0 Å². The lowest BCUT2D eigenvalue weighted by Gasteiger charge is -2.53. The number of nitrogens with zero attached hydrogens (tertiary/aromatic N) is 2. The number of hydrogen-bond donors (Lipinski definition) is 5. The van der Waals surface area contributed by atoms with Crippen LogP contribution in [0, 0.1) is 0 Å². The van der Waals surface area contributed by atoms with Crippen LogP contribution >= 0.6 is 11.3 Å². The molecule has 5 N–H and O–H groups in total. The molecule has 3 saturated carbocycles. The monoisotopic (exact) mass is 656 g/mol. The van der Waals surface area contributed by atoms with Crippen LogP contribution in [0.1, 0.15) is 83.8 Å². The van der Waals surface area contributed by atoms with E-state index in [4.69, 9.17) is 9.72 Å². The molecule has 2 aromatic heterocycles. The maximum atomic E-state index is 13.7. The summed E-state index contributed by atoms with van der Waals surface area (Å²) in [6.07, 6.45) is 7.83. The first-order valence-corrected chi connectivity index (χ1v) is 17.7. The molecule has 3 aromatic rings. The van der Waals surface area contributed by atoms with Gasteiger partial charge in [-0.05, 0) is 97.4 Å². The number of anilines is 1. The smallest absolute Gasteiger partial charge is 0.319 e. The van der Waals surface area contributed by atoms with Crippen LogP contribution in [0.4, 0.5) is 10.5 Å². The van der Waals surface area contributed by atoms with Crippen LogP contribution in [-0.2, 0) is 26.7 Å². The molecule has 3 aliphatic rings. The van der Waals surface area contributed by atoms with E-state index in [1.165, 1.54) is 17.4 Å². The highest BCUT2D eigenvalue weighted by Gasteiger charge is 2.51. The van der Waals surface area contributed by atoms with E-state index in [0.29, 0.717) is 16.9 Å². The van der Waals surface area contributed by atoms with Gasteiger partial charge in [-0.1, -0.05) is 12.1 Å². The quantitative estimate of drug-likeness (QED) is 0.176. The molecule has 3 fully saturated rings. The summed E-state index contributed by atoms with van der Waals surface area (Å²) in [5, 5.41) is 20.2. The van der Waals surface area contributed by atoms with Gasteiger partial charge < -0.3 is 20.5 Å². The minimum Gasteiger partial charge on any atom is -0.356 e. The standard InChI is InChI=1S/C32H44N6O5S2/c1-21(2)43-29(40)37-32-14-11-31(12-15-32,13-16-32)27-34-20-25(44-27)24-10-9-22(18-26(24)45(41,42)38-30(3,4)5)36-28(39)35-19-23-8-6-7-17-33-23/h6-10,17-18,20-21,29,37-38,40H,11-16,19H2,1-5H3,(H2,35,36,39). The predicted octanol–water partition coefficient (Wildman–Crippen LogP) is 5.24. The fourth-order valence-corrected chi connectivity index (χ4v) is 9.21. The number of hydrogen-bond acceptors (Lipinski definition) is 9. The van der Waals surface area contributed by atoms with Gasteiger partial charge in [0.15, 0.2) is 0 Å². The van der Waals surface area contributed by atoms with Gasteiger partial charge in [-0.3, -0.25) is 10.3 Å². The second-order valence-corrected chi connectivity index (χ2v) is 16.1. The number of carbonyl (C=O) groups is 1. The van der Waals surface area contributed by atoms with Gasteiger partial charge in [0.1, 0.15) is 0 Å². The van der Waals surface area contributed by atoms with Gasteiger partial charge in [-0.2, -0.15) is 0 Å². The number of sulfonamides is 1. The van der Waals surface area contributed by atoms with Crippen molar-refractivity contribution in [3.8, 4) is 10.4 Å². The summed E-state index contributed by atoms with van der Waals surface area (Å²) in [5.41, 5.74) is 0.645. The third-order valence-corrected chi connectivity index (χ3v) is 11.5. The Hall–Kier alpha value is -2.94. The molecule has 6 rings (SSSR count). The first kappa shape index (κ1) is 33.4. The maximum absolute atomic E-state index is 13.7. The molecule has 45 heavy (non-hydrogen) atoms. The SMILES string of the molecule is CC(C)OC(O)NC12CCC(c3ncc(-c4ccc(NC(=O)NCc5ccccn5)cc4S(=O)(=O)NC(C)(C)C)s3)(CC1)CC2. The van der Waals surface area contributed by atoms with E-state index in [0.717, 1.165) is 48.4 Å². The van der Waals surface area contributed by atoms with Crippen LogP contribution in [0.3, 0.4) is 0 Å². The summed E-state index contributed by atoms with van der Waals surface area (Å²) < 4.78 is 35.7. The number of rotatable bonds is 11. The first-order chi connectivity index (χ1) is 21.2. The number of pyridine rings is 1. The molecule has 0 spiro atoms. The van der Waals surface area contributed by atoms with Gasteiger partial charge in [0.2, 0.25) is 16.4 Å². The zero-order valence-electron chi connectivity index (χ0n) is 26.5. The molecule has 11 nitrogen and oxygen atoms in total. The summed E-state index contributed by atoms with van der Waals surface area (Å²) in [4.78, 5) is 22.5. The minimum absolute atomic E-state index is 0.0716. The Morgan fingerprint density at radius 3 is 2.40 bits per heavy atom. The van der Waals surface area contributed by atoms with Gasteiger partial charge in [0.25, 0.3) is 0 Å². The Labute approximate surface area is 269 Å². The molecule has 0 radical (unpaired) electrons. The van der Waals surface area contributed by atoms with Crippen LogP contribution in [-0.4, -0.2) is 53.1 Å². The molecule has 1 unspecified atom stereocenters. The fourth-order valence-electron chi connectivity index (χ4n) is 6.25. The number of ether oxygens (including phenoxy) is 1. The summed E-state index contributed by atoms with van der Waals surface area (Å²) in [7, 11) is -3.96. The van der Waals surface area contributed by atoms with Crippen LogP contribution in [0.15, 0.2) is 53.7 Å². The molecule has 3 aliphatic carbocycles. The minimum atomic E-state index is -3.96. The largest absolute Gasteiger partial charge is 0.356 e. The third-order valence-electron chi connectivity index (χ3n) is 8.43. The van der Waals surface area contributed by atoms with Crippen LogP contribution in [0.5, 0.6) is 0 Å². The number of amides is 2.